The maximum atomic E-state index is 12.5. The van der Waals surface area contributed by atoms with E-state index >= 15 is 0 Å². The van der Waals surface area contributed by atoms with Gasteiger partial charge in [-0.2, -0.15) is 5.26 Å². The lowest BCUT2D eigenvalue weighted by Crippen LogP contribution is -2.43. The SMILES string of the molecule is Cc1cccc(NC(=O)CN(C)[C@H](C)C(=O)Nc2ccccc2C#N)c1C. The molecular weight excluding hydrogens is 340 g/mol. The third kappa shape index (κ3) is 5.16. The van der Waals surface area contributed by atoms with E-state index in [9.17, 15) is 9.59 Å². The second-order valence-electron chi connectivity index (χ2n) is 6.53. The Kier molecular flexibility index (Phi) is 6.69. The molecule has 6 heteroatoms. The van der Waals surface area contributed by atoms with Crippen LogP contribution in [0.25, 0.3) is 0 Å². The number of amides is 2. The van der Waals surface area contributed by atoms with Crippen molar-refractivity contribution in [3.05, 3.63) is 59.2 Å². The Morgan fingerprint density at radius 2 is 1.74 bits per heavy atom. The Balaban J connectivity index is 1.97. The van der Waals surface area contributed by atoms with Crippen LogP contribution >= 0.6 is 0 Å². The van der Waals surface area contributed by atoms with Gasteiger partial charge < -0.3 is 10.6 Å². The van der Waals surface area contributed by atoms with Crippen LogP contribution in [-0.4, -0.2) is 36.3 Å². The standard InChI is InChI=1S/C21H24N4O2/c1-14-8-7-11-18(15(14)2)23-20(26)13-25(4)16(3)21(27)24-19-10-6-5-9-17(19)12-22/h5-11,16H,13H2,1-4H3,(H,23,26)(H,24,27)/t16-/m1/s1. The third-order valence-corrected chi connectivity index (χ3v) is 4.62. The number of carbonyl (C=O) groups excluding carboxylic acids is 2. The van der Waals surface area contributed by atoms with Crippen LogP contribution in [-0.2, 0) is 9.59 Å². The molecule has 2 N–H and O–H groups in total. The van der Waals surface area contributed by atoms with Crippen molar-refractivity contribution in [1.29, 1.82) is 5.26 Å². The average Bonchev–Trinajstić information content (AvgIpc) is 2.65. The van der Waals surface area contributed by atoms with Crippen LogP contribution < -0.4 is 10.6 Å². The van der Waals surface area contributed by atoms with Crippen LogP contribution in [0.1, 0.15) is 23.6 Å². The summed E-state index contributed by atoms with van der Waals surface area (Å²) < 4.78 is 0. The van der Waals surface area contributed by atoms with Crippen LogP contribution in [0.15, 0.2) is 42.5 Å². The summed E-state index contributed by atoms with van der Waals surface area (Å²) in [7, 11) is 1.71. The van der Waals surface area contributed by atoms with Crippen LogP contribution in [0.4, 0.5) is 11.4 Å². The first-order chi connectivity index (χ1) is 12.8. The fourth-order valence-electron chi connectivity index (χ4n) is 2.57. The Labute approximate surface area is 159 Å². The number of nitriles is 1. The number of nitrogens with one attached hydrogen (secondary N) is 2. The molecule has 1 atom stereocenters. The van der Waals surface area contributed by atoms with E-state index in [1.807, 2.05) is 38.1 Å². The normalized spacial score (nSPS) is 11.6. The van der Waals surface area contributed by atoms with Crippen molar-refractivity contribution in [2.45, 2.75) is 26.8 Å². The molecule has 2 amide bonds. The van der Waals surface area contributed by atoms with E-state index in [2.05, 4.69) is 10.6 Å². The molecule has 2 aromatic rings. The number of rotatable bonds is 6. The van der Waals surface area contributed by atoms with Crippen LogP contribution in [0.5, 0.6) is 0 Å². The van der Waals surface area contributed by atoms with E-state index in [0.29, 0.717) is 11.3 Å². The van der Waals surface area contributed by atoms with Gasteiger partial charge in [0.15, 0.2) is 0 Å². The number of likely N-dealkylation sites (N-methyl/N-ethyl adjacent to an activating group) is 1. The fourth-order valence-corrected chi connectivity index (χ4v) is 2.57. The molecule has 27 heavy (non-hydrogen) atoms. The summed E-state index contributed by atoms with van der Waals surface area (Å²) in [5.74, 6) is -0.469. The van der Waals surface area contributed by atoms with Crippen molar-refractivity contribution in [3.8, 4) is 6.07 Å². The molecule has 0 fully saturated rings. The van der Waals surface area contributed by atoms with Gasteiger partial charge in [0.25, 0.3) is 0 Å². The summed E-state index contributed by atoms with van der Waals surface area (Å²) in [6.07, 6.45) is 0. The highest BCUT2D eigenvalue weighted by Gasteiger charge is 2.21. The van der Waals surface area contributed by atoms with Gasteiger partial charge in [-0.05, 0) is 57.1 Å². The summed E-state index contributed by atoms with van der Waals surface area (Å²) in [4.78, 5) is 26.5. The molecule has 0 aliphatic heterocycles. The first-order valence-electron chi connectivity index (χ1n) is 8.69. The number of carbonyl (C=O) groups is 2. The number of para-hydroxylation sites is 1. The molecule has 2 aromatic carbocycles. The van der Waals surface area contributed by atoms with Gasteiger partial charge in [0, 0.05) is 5.69 Å². The molecule has 0 saturated carbocycles. The number of nitrogens with zero attached hydrogens (tertiary/aromatic N) is 2. The molecule has 0 heterocycles. The van der Waals surface area contributed by atoms with Gasteiger partial charge in [-0.25, -0.2) is 0 Å². The molecule has 0 aliphatic carbocycles. The van der Waals surface area contributed by atoms with Crippen molar-refractivity contribution in [2.24, 2.45) is 0 Å². The zero-order chi connectivity index (χ0) is 20.0. The summed E-state index contributed by atoms with van der Waals surface area (Å²) in [6.45, 7) is 5.73. The van der Waals surface area contributed by atoms with Crippen LogP contribution in [0, 0.1) is 25.2 Å². The average molecular weight is 364 g/mol. The molecule has 0 bridgehead atoms. The molecule has 0 saturated heterocycles. The molecule has 0 spiro atoms. The van der Waals surface area contributed by atoms with E-state index in [1.165, 1.54) is 0 Å². The van der Waals surface area contributed by atoms with E-state index in [-0.39, 0.29) is 18.4 Å². The highest BCUT2D eigenvalue weighted by Crippen LogP contribution is 2.18. The topological polar surface area (TPSA) is 85.2 Å². The molecule has 0 radical (unpaired) electrons. The van der Waals surface area contributed by atoms with Gasteiger partial charge in [0.1, 0.15) is 6.07 Å². The Morgan fingerprint density at radius 1 is 1.07 bits per heavy atom. The number of aryl methyl sites for hydroxylation is 1. The Hall–Kier alpha value is -3.17. The summed E-state index contributed by atoms with van der Waals surface area (Å²) >= 11 is 0. The van der Waals surface area contributed by atoms with E-state index in [0.717, 1.165) is 16.8 Å². The third-order valence-electron chi connectivity index (χ3n) is 4.62. The van der Waals surface area contributed by atoms with Gasteiger partial charge in [0.2, 0.25) is 11.8 Å². The minimum absolute atomic E-state index is 0.0713. The number of benzene rings is 2. The molecule has 0 unspecified atom stereocenters. The maximum Gasteiger partial charge on any atom is 0.241 e. The lowest BCUT2D eigenvalue weighted by molar-refractivity contribution is -0.122. The van der Waals surface area contributed by atoms with Gasteiger partial charge >= 0.3 is 0 Å². The molecule has 140 valence electrons. The largest absolute Gasteiger partial charge is 0.325 e. The van der Waals surface area contributed by atoms with Crippen molar-refractivity contribution in [2.75, 3.05) is 24.2 Å². The van der Waals surface area contributed by atoms with Crippen LogP contribution in [0.3, 0.4) is 0 Å². The molecule has 6 nitrogen and oxygen atoms in total. The number of anilines is 2. The van der Waals surface area contributed by atoms with E-state index < -0.39 is 6.04 Å². The zero-order valence-electron chi connectivity index (χ0n) is 16.0. The van der Waals surface area contributed by atoms with Crippen molar-refractivity contribution in [3.63, 3.8) is 0 Å². The van der Waals surface area contributed by atoms with Gasteiger partial charge in [-0.3, -0.25) is 14.5 Å². The zero-order valence-corrected chi connectivity index (χ0v) is 16.0. The smallest absolute Gasteiger partial charge is 0.241 e. The predicted molar refractivity (Wildman–Crippen MR) is 106 cm³/mol. The molecule has 0 aliphatic rings. The van der Waals surface area contributed by atoms with Crippen molar-refractivity contribution in [1.82, 2.24) is 4.90 Å². The summed E-state index contributed by atoms with van der Waals surface area (Å²) in [5.41, 5.74) is 3.75. The second kappa shape index (κ2) is 8.97. The molecule has 2 rings (SSSR count). The predicted octanol–water partition coefficient (Wildman–Crippen LogP) is 3.07. The summed E-state index contributed by atoms with van der Waals surface area (Å²) in [5, 5.41) is 14.8. The maximum absolute atomic E-state index is 12.5. The minimum Gasteiger partial charge on any atom is -0.325 e. The second-order valence-corrected chi connectivity index (χ2v) is 6.53. The monoisotopic (exact) mass is 364 g/mol. The molecular formula is C21H24N4O2. The van der Waals surface area contributed by atoms with Gasteiger partial charge in [-0.1, -0.05) is 24.3 Å². The van der Waals surface area contributed by atoms with Crippen molar-refractivity contribution < 1.29 is 9.59 Å². The quantitative estimate of drug-likeness (QED) is 0.825. The van der Waals surface area contributed by atoms with Crippen LogP contribution in [0.2, 0.25) is 0 Å². The van der Waals surface area contributed by atoms with Crippen molar-refractivity contribution >= 4 is 23.2 Å². The van der Waals surface area contributed by atoms with E-state index in [1.54, 1.807) is 43.1 Å². The van der Waals surface area contributed by atoms with E-state index in [4.69, 9.17) is 5.26 Å². The van der Waals surface area contributed by atoms with Gasteiger partial charge in [-0.15, -0.1) is 0 Å². The number of hydrogen-bond donors (Lipinski definition) is 2. The first kappa shape index (κ1) is 20.1. The lowest BCUT2D eigenvalue weighted by atomic mass is 10.1. The summed E-state index contributed by atoms with van der Waals surface area (Å²) in [6, 6.07) is 14.1. The van der Waals surface area contributed by atoms with Gasteiger partial charge in [0.05, 0.1) is 23.8 Å². The lowest BCUT2D eigenvalue weighted by Gasteiger charge is -2.23. The highest BCUT2D eigenvalue weighted by atomic mass is 16.2. The Bertz CT molecular complexity index is 886. The first-order valence-corrected chi connectivity index (χ1v) is 8.69. The molecule has 0 aromatic heterocycles. The highest BCUT2D eigenvalue weighted by molar-refractivity contribution is 5.97. The minimum atomic E-state index is -0.541. The number of hydrogen-bond acceptors (Lipinski definition) is 4. The fraction of sp³-hybridized carbons (Fsp3) is 0.286. The Morgan fingerprint density at radius 3 is 2.44 bits per heavy atom.